The smallest absolute Gasteiger partial charge is 0.252 e. The lowest BCUT2D eigenvalue weighted by Gasteiger charge is -2.08. The maximum atomic E-state index is 11.7. The average Bonchev–Trinajstić information content (AvgIpc) is 2.17. The molecule has 0 heterocycles. The number of hydrogen-bond donors (Lipinski definition) is 2. The van der Waals surface area contributed by atoms with Crippen LogP contribution in [0.2, 0.25) is 0 Å². The second kappa shape index (κ2) is 7.65. The molecular formula is C11H16BrClN2O. The molecule has 5 heteroatoms. The van der Waals surface area contributed by atoms with E-state index in [1.165, 1.54) is 0 Å². The number of amides is 1. The number of hydrogen-bond acceptors (Lipinski definition) is 2. The zero-order valence-electron chi connectivity index (χ0n) is 9.07. The molecule has 0 bridgehead atoms. The van der Waals surface area contributed by atoms with Gasteiger partial charge >= 0.3 is 0 Å². The number of carbonyl (C=O) groups is 1. The second-order valence-electron chi connectivity index (χ2n) is 3.50. The Kier molecular flexibility index (Phi) is 7.38. The first-order valence-corrected chi connectivity index (χ1v) is 5.69. The van der Waals surface area contributed by atoms with E-state index >= 15 is 0 Å². The van der Waals surface area contributed by atoms with Gasteiger partial charge in [-0.3, -0.25) is 4.79 Å². The van der Waals surface area contributed by atoms with E-state index in [0.717, 1.165) is 10.9 Å². The van der Waals surface area contributed by atoms with E-state index in [1.807, 2.05) is 25.1 Å². The van der Waals surface area contributed by atoms with Crippen molar-refractivity contribution in [3.05, 3.63) is 34.3 Å². The van der Waals surface area contributed by atoms with Crippen molar-refractivity contribution in [1.82, 2.24) is 5.32 Å². The van der Waals surface area contributed by atoms with Gasteiger partial charge in [0.1, 0.15) is 0 Å². The molecule has 0 spiro atoms. The predicted molar refractivity (Wildman–Crippen MR) is 72.0 cm³/mol. The van der Waals surface area contributed by atoms with Crippen LogP contribution in [0.5, 0.6) is 0 Å². The molecule has 16 heavy (non-hydrogen) atoms. The van der Waals surface area contributed by atoms with E-state index in [0.29, 0.717) is 12.1 Å². The molecule has 1 rings (SSSR count). The molecule has 0 saturated heterocycles. The molecule has 0 saturated carbocycles. The summed E-state index contributed by atoms with van der Waals surface area (Å²) in [6.07, 6.45) is 0.788. The minimum atomic E-state index is -0.0666. The van der Waals surface area contributed by atoms with Gasteiger partial charge in [-0.2, -0.15) is 0 Å². The van der Waals surface area contributed by atoms with E-state index < -0.39 is 0 Å². The van der Waals surface area contributed by atoms with Gasteiger partial charge in [0.2, 0.25) is 0 Å². The van der Waals surface area contributed by atoms with E-state index in [1.54, 1.807) is 6.07 Å². The van der Waals surface area contributed by atoms with Crippen LogP contribution in [-0.4, -0.2) is 18.5 Å². The van der Waals surface area contributed by atoms with Crippen LogP contribution in [0.15, 0.2) is 28.7 Å². The highest BCUT2D eigenvalue weighted by atomic mass is 79.9. The van der Waals surface area contributed by atoms with E-state index in [9.17, 15) is 4.79 Å². The van der Waals surface area contributed by atoms with Gasteiger partial charge < -0.3 is 11.1 Å². The van der Waals surface area contributed by atoms with Crippen molar-refractivity contribution in [3.63, 3.8) is 0 Å². The molecule has 0 radical (unpaired) electrons. The van der Waals surface area contributed by atoms with E-state index in [2.05, 4.69) is 21.2 Å². The van der Waals surface area contributed by atoms with Gasteiger partial charge in [0.15, 0.2) is 0 Å². The fourth-order valence-electron chi connectivity index (χ4n) is 1.15. The molecule has 1 atom stereocenters. The largest absolute Gasteiger partial charge is 0.352 e. The predicted octanol–water partition coefficient (Wildman–Crippen LogP) is 2.34. The van der Waals surface area contributed by atoms with Crippen molar-refractivity contribution < 1.29 is 4.79 Å². The molecule has 90 valence electrons. The third kappa shape index (κ3) is 4.96. The van der Waals surface area contributed by atoms with Crippen LogP contribution in [0.25, 0.3) is 0 Å². The summed E-state index contributed by atoms with van der Waals surface area (Å²) in [6.45, 7) is 2.53. The van der Waals surface area contributed by atoms with Gasteiger partial charge in [-0.15, -0.1) is 12.4 Å². The maximum Gasteiger partial charge on any atom is 0.252 e. The van der Waals surface area contributed by atoms with Gasteiger partial charge in [-0.1, -0.05) is 12.1 Å². The SMILES string of the molecule is CC(N)CCNC(=O)c1ccccc1Br.Cl. The highest BCUT2D eigenvalue weighted by molar-refractivity contribution is 9.10. The zero-order chi connectivity index (χ0) is 11.3. The van der Waals surface area contributed by atoms with Crippen molar-refractivity contribution in [2.24, 2.45) is 5.73 Å². The average molecular weight is 308 g/mol. The first-order chi connectivity index (χ1) is 7.11. The zero-order valence-corrected chi connectivity index (χ0v) is 11.5. The first kappa shape index (κ1) is 15.4. The summed E-state index contributed by atoms with van der Waals surface area (Å²) in [7, 11) is 0. The fraction of sp³-hybridized carbons (Fsp3) is 0.364. The molecule has 0 aromatic heterocycles. The lowest BCUT2D eigenvalue weighted by atomic mass is 10.2. The topological polar surface area (TPSA) is 55.1 Å². The van der Waals surface area contributed by atoms with Crippen molar-refractivity contribution in [2.45, 2.75) is 19.4 Å². The van der Waals surface area contributed by atoms with Crippen LogP contribution >= 0.6 is 28.3 Å². The molecule has 0 aliphatic heterocycles. The minimum absolute atomic E-state index is 0. The van der Waals surface area contributed by atoms with E-state index in [4.69, 9.17) is 5.73 Å². The Bertz CT molecular complexity index is 345. The summed E-state index contributed by atoms with van der Waals surface area (Å²) >= 11 is 3.33. The Morgan fingerprint density at radius 3 is 2.69 bits per heavy atom. The lowest BCUT2D eigenvalue weighted by molar-refractivity contribution is 0.0952. The number of rotatable bonds is 4. The molecule has 0 aliphatic carbocycles. The van der Waals surface area contributed by atoms with Crippen molar-refractivity contribution >= 4 is 34.2 Å². The molecule has 1 aromatic carbocycles. The van der Waals surface area contributed by atoms with Crippen LogP contribution in [0.3, 0.4) is 0 Å². The summed E-state index contributed by atoms with van der Waals surface area (Å²) < 4.78 is 0.809. The van der Waals surface area contributed by atoms with Crippen molar-refractivity contribution in [3.8, 4) is 0 Å². The Labute approximate surface area is 110 Å². The quantitative estimate of drug-likeness (QED) is 0.897. The Hall–Kier alpha value is -0.580. The lowest BCUT2D eigenvalue weighted by Crippen LogP contribution is -2.29. The summed E-state index contributed by atoms with van der Waals surface area (Å²) in [5, 5.41) is 2.82. The standard InChI is InChI=1S/C11H15BrN2O.ClH/c1-8(13)6-7-14-11(15)9-4-2-3-5-10(9)12;/h2-5,8H,6-7,13H2,1H3,(H,14,15);1H. The third-order valence-corrected chi connectivity index (χ3v) is 2.70. The molecule has 3 nitrogen and oxygen atoms in total. The number of carbonyl (C=O) groups excluding carboxylic acids is 1. The van der Waals surface area contributed by atoms with Crippen LogP contribution in [0.4, 0.5) is 0 Å². The molecule has 1 aromatic rings. The Morgan fingerprint density at radius 2 is 2.12 bits per heavy atom. The molecular weight excluding hydrogens is 291 g/mol. The summed E-state index contributed by atoms with van der Waals surface area (Å²) in [4.78, 5) is 11.7. The molecule has 0 fully saturated rings. The normalized spacial score (nSPS) is 11.4. The number of nitrogens with two attached hydrogens (primary N) is 1. The molecule has 1 amide bonds. The highest BCUT2D eigenvalue weighted by Crippen LogP contribution is 2.15. The minimum Gasteiger partial charge on any atom is -0.352 e. The van der Waals surface area contributed by atoms with Crippen LogP contribution in [0, 0.1) is 0 Å². The van der Waals surface area contributed by atoms with Crippen molar-refractivity contribution in [2.75, 3.05) is 6.54 Å². The first-order valence-electron chi connectivity index (χ1n) is 4.89. The second-order valence-corrected chi connectivity index (χ2v) is 4.36. The molecule has 1 unspecified atom stereocenters. The Morgan fingerprint density at radius 1 is 1.50 bits per heavy atom. The summed E-state index contributed by atoms with van der Waals surface area (Å²) in [5.74, 6) is -0.0666. The number of nitrogens with one attached hydrogen (secondary N) is 1. The maximum absolute atomic E-state index is 11.7. The molecule has 0 aliphatic rings. The number of halogens is 2. The monoisotopic (exact) mass is 306 g/mol. The summed E-state index contributed by atoms with van der Waals surface area (Å²) in [5.41, 5.74) is 6.24. The highest BCUT2D eigenvalue weighted by Gasteiger charge is 2.07. The van der Waals surface area contributed by atoms with Gasteiger partial charge in [0.05, 0.1) is 5.56 Å². The van der Waals surface area contributed by atoms with E-state index in [-0.39, 0.29) is 24.4 Å². The van der Waals surface area contributed by atoms with Crippen LogP contribution in [0.1, 0.15) is 23.7 Å². The van der Waals surface area contributed by atoms with Crippen LogP contribution < -0.4 is 11.1 Å². The third-order valence-electron chi connectivity index (χ3n) is 2.00. The van der Waals surface area contributed by atoms with Gasteiger partial charge in [0, 0.05) is 17.1 Å². The molecule has 3 N–H and O–H groups in total. The van der Waals surface area contributed by atoms with Gasteiger partial charge in [0.25, 0.3) is 5.91 Å². The number of benzene rings is 1. The van der Waals surface area contributed by atoms with Gasteiger partial charge in [-0.25, -0.2) is 0 Å². The van der Waals surface area contributed by atoms with Gasteiger partial charge in [-0.05, 0) is 41.4 Å². The van der Waals surface area contributed by atoms with Crippen LogP contribution in [-0.2, 0) is 0 Å². The Balaban J connectivity index is 0.00000225. The van der Waals surface area contributed by atoms with Crippen molar-refractivity contribution in [1.29, 1.82) is 0 Å². The summed E-state index contributed by atoms with van der Waals surface area (Å²) in [6, 6.07) is 7.46. The fourth-order valence-corrected chi connectivity index (χ4v) is 1.62.